The summed E-state index contributed by atoms with van der Waals surface area (Å²) in [7, 11) is 1.60. The third-order valence-electron chi connectivity index (χ3n) is 3.10. The number of hydrogen-bond acceptors (Lipinski definition) is 5. The van der Waals surface area contributed by atoms with Gasteiger partial charge in [-0.05, 0) is 24.2 Å². The number of aromatic nitrogens is 1. The summed E-state index contributed by atoms with van der Waals surface area (Å²) >= 11 is 7.42. The second kappa shape index (κ2) is 8.24. The Bertz CT molecular complexity index is 633. The van der Waals surface area contributed by atoms with Crippen molar-refractivity contribution < 1.29 is 9.53 Å². The van der Waals surface area contributed by atoms with Crippen LogP contribution in [0.4, 0.5) is 0 Å². The lowest BCUT2D eigenvalue weighted by Gasteiger charge is -2.16. The first-order valence-corrected chi connectivity index (χ1v) is 8.10. The van der Waals surface area contributed by atoms with E-state index in [0.717, 1.165) is 10.6 Å². The summed E-state index contributed by atoms with van der Waals surface area (Å²) in [5.74, 6) is -0.219. The molecule has 0 spiro atoms. The van der Waals surface area contributed by atoms with Crippen molar-refractivity contribution in [1.82, 2.24) is 10.3 Å². The Hall–Kier alpha value is -1.47. The Labute approximate surface area is 138 Å². The molecule has 0 aliphatic rings. The van der Waals surface area contributed by atoms with Crippen LogP contribution in [0, 0.1) is 0 Å². The van der Waals surface area contributed by atoms with E-state index in [1.54, 1.807) is 18.6 Å². The third kappa shape index (κ3) is 4.51. The molecule has 0 bridgehead atoms. The van der Waals surface area contributed by atoms with Gasteiger partial charge in [-0.25, -0.2) is 4.98 Å². The fourth-order valence-electron chi connectivity index (χ4n) is 1.97. The number of nitrogens with zero attached hydrogens (tertiary/aromatic N) is 1. The van der Waals surface area contributed by atoms with E-state index < -0.39 is 0 Å². The molecule has 7 heteroatoms. The predicted molar refractivity (Wildman–Crippen MR) is 88.4 cm³/mol. The standard InChI is InChI=1S/C15H18ClN3O2S/c1-21-13(10-3-2-4-11(16)7-10)8-18-15(20)12-9-22-14(19-12)5-6-17/h2-4,7,9,13H,5-6,8,17H2,1H3,(H,18,20). The van der Waals surface area contributed by atoms with Crippen molar-refractivity contribution in [3.63, 3.8) is 0 Å². The molecule has 0 saturated carbocycles. The Morgan fingerprint density at radius 3 is 3.05 bits per heavy atom. The summed E-state index contributed by atoms with van der Waals surface area (Å²) in [5, 5.41) is 6.07. The van der Waals surface area contributed by atoms with Crippen LogP contribution in [0.15, 0.2) is 29.6 Å². The van der Waals surface area contributed by atoms with E-state index in [4.69, 9.17) is 22.1 Å². The highest BCUT2D eigenvalue weighted by Gasteiger charge is 2.15. The highest BCUT2D eigenvalue weighted by Crippen LogP contribution is 2.20. The molecule has 2 rings (SSSR count). The molecule has 1 aromatic carbocycles. The summed E-state index contributed by atoms with van der Waals surface area (Å²) in [6.45, 7) is 0.870. The van der Waals surface area contributed by atoms with Gasteiger partial charge in [0.05, 0.1) is 11.1 Å². The highest BCUT2D eigenvalue weighted by atomic mass is 35.5. The third-order valence-corrected chi connectivity index (χ3v) is 4.24. The number of ether oxygens (including phenoxy) is 1. The lowest BCUT2D eigenvalue weighted by atomic mass is 10.1. The summed E-state index contributed by atoms with van der Waals surface area (Å²) in [6, 6.07) is 7.38. The number of amides is 1. The molecule has 0 radical (unpaired) electrons. The van der Waals surface area contributed by atoms with Crippen LogP contribution in [-0.2, 0) is 11.2 Å². The molecular weight excluding hydrogens is 322 g/mol. The van der Waals surface area contributed by atoms with Gasteiger partial charge >= 0.3 is 0 Å². The minimum absolute atomic E-state index is 0.219. The lowest BCUT2D eigenvalue weighted by molar-refractivity contribution is 0.0824. The Kier molecular flexibility index (Phi) is 6.33. The second-order valence-corrected chi connectivity index (χ2v) is 6.03. The number of methoxy groups -OCH3 is 1. The number of thiazole rings is 1. The summed E-state index contributed by atoms with van der Waals surface area (Å²) in [6.07, 6.45) is 0.422. The summed E-state index contributed by atoms with van der Waals surface area (Å²) in [5.41, 5.74) is 6.80. The molecule has 22 heavy (non-hydrogen) atoms. The van der Waals surface area contributed by atoms with Crippen molar-refractivity contribution in [1.29, 1.82) is 0 Å². The maximum atomic E-state index is 12.1. The van der Waals surface area contributed by atoms with E-state index in [0.29, 0.717) is 30.2 Å². The Balaban J connectivity index is 1.96. The zero-order chi connectivity index (χ0) is 15.9. The summed E-state index contributed by atoms with van der Waals surface area (Å²) < 4.78 is 5.41. The fraction of sp³-hybridized carbons (Fsp3) is 0.333. The minimum atomic E-state index is -0.259. The van der Waals surface area contributed by atoms with Crippen molar-refractivity contribution in [3.05, 3.63) is 50.9 Å². The van der Waals surface area contributed by atoms with Crippen molar-refractivity contribution in [2.24, 2.45) is 5.73 Å². The van der Waals surface area contributed by atoms with Crippen LogP contribution in [0.3, 0.4) is 0 Å². The first kappa shape index (κ1) is 16.9. The van der Waals surface area contributed by atoms with E-state index in [-0.39, 0.29) is 12.0 Å². The SMILES string of the molecule is COC(CNC(=O)c1csc(CCN)n1)c1cccc(Cl)c1. The number of nitrogens with two attached hydrogens (primary N) is 1. The van der Waals surface area contributed by atoms with Gasteiger partial charge in [-0.1, -0.05) is 23.7 Å². The van der Waals surface area contributed by atoms with E-state index in [2.05, 4.69) is 10.3 Å². The second-order valence-electron chi connectivity index (χ2n) is 4.65. The monoisotopic (exact) mass is 339 g/mol. The van der Waals surface area contributed by atoms with Gasteiger partial charge < -0.3 is 15.8 Å². The van der Waals surface area contributed by atoms with Gasteiger partial charge in [0.15, 0.2) is 0 Å². The largest absolute Gasteiger partial charge is 0.375 e. The smallest absolute Gasteiger partial charge is 0.270 e. The predicted octanol–water partition coefficient (Wildman–Crippen LogP) is 2.42. The average molecular weight is 340 g/mol. The maximum absolute atomic E-state index is 12.1. The number of carbonyl (C=O) groups excluding carboxylic acids is 1. The lowest BCUT2D eigenvalue weighted by Crippen LogP contribution is -2.29. The number of nitrogens with one attached hydrogen (secondary N) is 1. The molecule has 1 amide bonds. The Morgan fingerprint density at radius 1 is 1.55 bits per heavy atom. The topological polar surface area (TPSA) is 77.2 Å². The van der Waals surface area contributed by atoms with Gasteiger partial charge in [0.2, 0.25) is 0 Å². The van der Waals surface area contributed by atoms with Crippen LogP contribution >= 0.6 is 22.9 Å². The van der Waals surface area contributed by atoms with E-state index >= 15 is 0 Å². The van der Waals surface area contributed by atoms with Crippen LogP contribution in [0.5, 0.6) is 0 Å². The van der Waals surface area contributed by atoms with Gasteiger partial charge in [-0.2, -0.15) is 0 Å². The van der Waals surface area contributed by atoms with Gasteiger partial charge in [-0.15, -0.1) is 11.3 Å². The zero-order valence-corrected chi connectivity index (χ0v) is 13.8. The molecule has 1 unspecified atom stereocenters. The van der Waals surface area contributed by atoms with Crippen LogP contribution in [0.2, 0.25) is 5.02 Å². The molecule has 1 aromatic heterocycles. The van der Waals surface area contributed by atoms with E-state index in [1.165, 1.54) is 11.3 Å². The molecule has 3 N–H and O–H groups in total. The molecule has 118 valence electrons. The molecule has 2 aromatic rings. The summed E-state index contributed by atoms with van der Waals surface area (Å²) in [4.78, 5) is 16.4. The first-order valence-electron chi connectivity index (χ1n) is 6.85. The van der Waals surface area contributed by atoms with Crippen LogP contribution in [-0.4, -0.2) is 31.1 Å². The quantitative estimate of drug-likeness (QED) is 0.812. The molecule has 0 aliphatic carbocycles. The molecule has 5 nitrogen and oxygen atoms in total. The number of hydrogen-bond donors (Lipinski definition) is 2. The number of benzene rings is 1. The first-order chi connectivity index (χ1) is 10.6. The average Bonchev–Trinajstić information content (AvgIpc) is 2.97. The molecule has 1 heterocycles. The number of carbonyl (C=O) groups is 1. The molecule has 0 fully saturated rings. The fourth-order valence-corrected chi connectivity index (χ4v) is 2.97. The van der Waals surface area contributed by atoms with E-state index in [1.807, 2.05) is 18.2 Å². The zero-order valence-electron chi connectivity index (χ0n) is 12.2. The Morgan fingerprint density at radius 2 is 2.36 bits per heavy atom. The van der Waals surface area contributed by atoms with Crippen molar-refractivity contribution in [2.75, 3.05) is 20.2 Å². The molecular formula is C15H18ClN3O2S. The van der Waals surface area contributed by atoms with Gasteiger partial charge in [0.1, 0.15) is 5.69 Å². The normalized spacial score (nSPS) is 12.1. The van der Waals surface area contributed by atoms with Crippen LogP contribution in [0.1, 0.15) is 27.2 Å². The molecule has 0 aliphatic heterocycles. The van der Waals surface area contributed by atoms with Crippen LogP contribution < -0.4 is 11.1 Å². The minimum Gasteiger partial charge on any atom is -0.375 e. The van der Waals surface area contributed by atoms with E-state index in [9.17, 15) is 4.79 Å². The van der Waals surface area contributed by atoms with Crippen molar-refractivity contribution >= 4 is 28.8 Å². The van der Waals surface area contributed by atoms with Crippen LogP contribution in [0.25, 0.3) is 0 Å². The highest BCUT2D eigenvalue weighted by molar-refractivity contribution is 7.09. The van der Waals surface area contributed by atoms with Crippen molar-refractivity contribution in [3.8, 4) is 0 Å². The molecule has 1 atom stereocenters. The molecule has 0 saturated heterocycles. The number of rotatable bonds is 7. The van der Waals surface area contributed by atoms with Gasteiger partial charge in [0, 0.05) is 30.5 Å². The number of halogens is 1. The van der Waals surface area contributed by atoms with Gasteiger partial charge in [0.25, 0.3) is 5.91 Å². The maximum Gasteiger partial charge on any atom is 0.270 e. The van der Waals surface area contributed by atoms with Gasteiger partial charge in [-0.3, -0.25) is 4.79 Å². The van der Waals surface area contributed by atoms with Crippen molar-refractivity contribution in [2.45, 2.75) is 12.5 Å².